The van der Waals surface area contributed by atoms with E-state index in [1.165, 1.54) is 16.7 Å². The van der Waals surface area contributed by atoms with Crippen LogP contribution in [-0.4, -0.2) is 14.2 Å². The van der Waals surface area contributed by atoms with Crippen LogP contribution in [0.5, 0.6) is 17.2 Å². The Labute approximate surface area is 147 Å². The van der Waals surface area contributed by atoms with Crippen LogP contribution < -0.4 is 14.2 Å². The Hall–Kier alpha value is -2.68. The first-order valence-corrected chi connectivity index (χ1v) is 8.73. The molecule has 2 atom stereocenters. The van der Waals surface area contributed by atoms with Gasteiger partial charge in [0.1, 0.15) is 23.4 Å². The van der Waals surface area contributed by atoms with E-state index in [9.17, 15) is 0 Å². The highest BCUT2D eigenvalue weighted by Crippen LogP contribution is 2.55. The molecule has 3 aromatic rings. The van der Waals surface area contributed by atoms with Crippen molar-refractivity contribution in [3.05, 3.63) is 65.2 Å². The SMILES string of the molecule is COc1ccc2c(c1)CCC1c3cc(OC)c4ccccc4c3OC21. The van der Waals surface area contributed by atoms with Crippen molar-refractivity contribution in [3.63, 3.8) is 0 Å². The van der Waals surface area contributed by atoms with Crippen molar-refractivity contribution in [1.29, 1.82) is 0 Å². The Morgan fingerprint density at radius 1 is 0.920 bits per heavy atom. The molecule has 0 bridgehead atoms. The lowest BCUT2D eigenvalue weighted by Crippen LogP contribution is -2.18. The molecule has 0 spiro atoms. The van der Waals surface area contributed by atoms with E-state index in [4.69, 9.17) is 14.2 Å². The minimum atomic E-state index is 0.0835. The number of methoxy groups -OCH3 is 2. The van der Waals surface area contributed by atoms with E-state index < -0.39 is 0 Å². The summed E-state index contributed by atoms with van der Waals surface area (Å²) in [5, 5.41) is 2.25. The van der Waals surface area contributed by atoms with Crippen molar-refractivity contribution in [1.82, 2.24) is 0 Å². The average Bonchev–Trinajstić information content (AvgIpc) is 3.06. The number of hydrogen-bond donors (Lipinski definition) is 0. The third kappa shape index (κ3) is 2.05. The smallest absolute Gasteiger partial charge is 0.131 e. The summed E-state index contributed by atoms with van der Waals surface area (Å²) in [6.07, 6.45) is 2.21. The lowest BCUT2D eigenvalue weighted by Gasteiger charge is -2.27. The third-order valence-corrected chi connectivity index (χ3v) is 5.60. The minimum absolute atomic E-state index is 0.0835. The average molecular weight is 332 g/mol. The quantitative estimate of drug-likeness (QED) is 0.659. The van der Waals surface area contributed by atoms with Gasteiger partial charge in [-0.2, -0.15) is 0 Å². The van der Waals surface area contributed by atoms with E-state index in [0.717, 1.165) is 40.9 Å². The topological polar surface area (TPSA) is 27.7 Å². The van der Waals surface area contributed by atoms with Crippen molar-refractivity contribution in [3.8, 4) is 17.2 Å². The molecule has 3 heteroatoms. The number of rotatable bonds is 2. The second-order valence-electron chi connectivity index (χ2n) is 6.79. The molecule has 0 radical (unpaired) electrons. The Kier molecular flexibility index (Phi) is 3.17. The molecule has 3 nitrogen and oxygen atoms in total. The molecule has 2 unspecified atom stereocenters. The number of fused-ring (bicyclic) bond motifs is 7. The fraction of sp³-hybridized carbons (Fsp3) is 0.273. The molecule has 2 aliphatic rings. The highest BCUT2D eigenvalue weighted by molar-refractivity contribution is 5.95. The molecule has 0 fully saturated rings. The lowest BCUT2D eigenvalue weighted by atomic mass is 9.79. The highest BCUT2D eigenvalue weighted by atomic mass is 16.5. The van der Waals surface area contributed by atoms with Crippen LogP contribution in [0.2, 0.25) is 0 Å². The first-order valence-electron chi connectivity index (χ1n) is 8.73. The standard InChI is InChI=1S/C22H20O3/c1-23-14-8-10-15-13(11-14)7-9-18-19-12-20(24-2)16-5-3-4-6-17(16)22(19)25-21(15)18/h3-6,8,10-12,18,21H,7,9H2,1-2H3. The second kappa shape index (κ2) is 5.41. The van der Waals surface area contributed by atoms with Crippen LogP contribution in [0, 0.1) is 0 Å². The van der Waals surface area contributed by atoms with E-state index in [0.29, 0.717) is 5.92 Å². The Balaban J connectivity index is 1.67. The van der Waals surface area contributed by atoms with Gasteiger partial charge in [-0.05, 0) is 42.2 Å². The van der Waals surface area contributed by atoms with Crippen LogP contribution in [0.4, 0.5) is 0 Å². The molecule has 0 N–H and O–H groups in total. The molecular formula is C22H20O3. The molecule has 126 valence electrons. The first kappa shape index (κ1) is 14.6. The van der Waals surface area contributed by atoms with Crippen LogP contribution >= 0.6 is 0 Å². The maximum atomic E-state index is 6.53. The molecule has 0 amide bonds. The van der Waals surface area contributed by atoms with Gasteiger partial charge in [-0.1, -0.05) is 30.3 Å². The van der Waals surface area contributed by atoms with Crippen molar-refractivity contribution < 1.29 is 14.2 Å². The van der Waals surface area contributed by atoms with Crippen LogP contribution in [-0.2, 0) is 6.42 Å². The van der Waals surface area contributed by atoms with Gasteiger partial charge in [0.25, 0.3) is 0 Å². The van der Waals surface area contributed by atoms with Gasteiger partial charge in [0.15, 0.2) is 0 Å². The third-order valence-electron chi connectivity index (χ3n) is 5.60. The maximum absolute atomic E-state index is 6.53. The summed E-state index contributed by atoms with van der Waals surface area (Å²) in [6.45, 7) is 0. The minimum Gasteiger partial charge on any atom is -0.497 e. The van der Waals surface area contributed by atoms with Gasteiger partial charge < -0.3 is 14.2 Å². The lowest BCUT2D eigenvalue weighted by molar-refractivity contribution is 0.197. The summed E-state index contributed by atoms with van der Waals surface area (Å²) in [7, 11) is 3.46. The van der Waals surface area contributed by atoms with Gasteiger partial charge in [-0.3, -0.25) is 0 Å². The van der Waals surface area contributed by atoms with Crippen molar-refractivity contribution in [2.75, 3.05) is 14.2 Å². The van der Waals surface area contributed by atoms with Gasteiger partial charge >= 0.3 is 0 Å². The van der Waals surface area contributed by atoms with E-state index in [2.05, 4.69) is 36.4 Å². The van der Waals surface area contributed by atoms with E-state index in [-0.39, 0.29) is 6.10 Å². The van der Waals surface area contributed by atoms with Crippen LogP contribution in [0.1, 0.15) is 35.1 Å². The Bertz CT molecular complexity index is 976. The second-order valence-corrected chi connectivity index (χ2v) is 6.79. The van der Waals surface area contributed by atoms with Gasteiger partial charge in [0.05, 0.1) is 14.2 Å². The predicted octanol–water partition coefficient (Wildman–Crippen LogP) is 5.02. The van der Waals surface area contributed by atoms with Crippen LogP contribution in [0.15, 0.2) is 48.5 Å². The van der Waals surface area contributed by atoms with E-state index in [1.54, 1.807) is 14.2 Å². The molecule has 5 rings (SSSR count). The zero-order valence-corrected chi connectivity index (χ0v) is 14.4. The first-order chi connectivity index (χ1) is 12.3. The van der Waals surface area contributed by atoms with Gasteiger partial charge in [-0.25, -0.2) is 0 Å². The van der Waals surface area contributed by atoms with E-state index >= 15 is 0 Å². The van der Waals surface area contributed by atoms with E-state index in [1.807, 2.05) is 12.1 Å². The summed E-state index contributed by atoms with van der Waals surface area (Å²) in [4.78, 5) is 0. The monoisotopic (exact) mass is 332 g/mol. The van der Waals surface area contributed by atoms with Crippen LogP contribution in [0.3, 0.4) is 0 Å². The molecule has 3 aromatic carbocycles. The number of aryl methyl sites for hydroxylation is 1. The number of benzene rings is 3. The van der Waals surface area contributed by atoms with Crippen LogP contribution in [0.25, 0.3) is 10.8 Å². The van der Waals surface area contributed by atoms with Crippen molar-refractivity contribution in [2.24, 2.45) is 0 Å². The normalized spacial score (nSPS) is 20.4. The number of hydrogen-bond acceptors (Lipinski definition) is 3. The van der Waals surface area contributed by atoms with Gasteiger partial charge in [0, 0.05) is 22.3 Å². The summed E-state index contributed by atoms with van der Waals surface area (Å²) in [6, 6.07) is 16.9. The van der Waals surface area contributed by atoms with Gasteiger partial charge in [-0.15, -0.1) is 0 Å². The molecular weight excluding hydrogens is 312 g/mol. The maximum Gasteiger partial charge on any atom is 0.131 e. The molecule has 0 saturated heterocycles. The molecule has 0 saturated carbocycles. The highest BCUT2D eigenvalue weighted by Gasteiger charge is 2.40. The molecule has 1 aliphatic heterocycles. The van der Waals surface area contributed by atoms with Gasteiger partial charge in [0.2, 0.25) is 0 Å². The number of ether oxygens (including phenoxy) is 3. The predicted molar refractivity (Wildman–Crippen MR) is 97.9 cm³/mol. The Morgan fingerprint density at radius 3 is 2.56 bits per heavy atom. The summed E-state index contributed by atoms with van der Waals surface area (Å²) in [5.74, 6) is 3.25. The van der Waals surface area contributed by atoms with Crippen molar-refractivity contribution in [2.45, 2.75) is 24.9 Å². The fourth-order valence-corrected chi connectivity index (χ4v) is 4.39. The zero-order chi connectivity index (χ0) is 17.0. The molecule has 1 aliphatic carbocycles. The summed E-state index contributed by atoms with van der Waals surface area (Å²) >= 11 is 0. The summed E-state index contributed by atoms with van der Waals surface area (Å²) in [5.41, 5.74) is 3.91. The molecule has 0 aromatic heterocycles. The summed E-state index contributed by atoms with van der Waals surface area (Å²) < 4.78 is 17.6. The molecule has 1 heterocycles. The van der Waals surface area contributed by atoms with Crippen molar-refractivity contribution >= 4 is 10.8 Å². The molecule has 25 heavy (non-hydrogen) atoms. The fourth-order valence-electron chi connectivity index (χ4n) is 4.39. The largest absolute Gasteiger partial charge is 0.497 e. The zero-order valence-electron chi connectivity index (χ0n) is 14.4. The Morgan fingerprint density at radius 2 is 1.76 bits per heavy atom.